The molecule has 2 aromatic rings. The van der Waals surface area contributed by atoms with Crippen LogP contribution in [-0.2, 0) is 11.3 Å². The highest BCUT2D eigenvalue weighted by molar-refractivity contribution is 5.92. The minimum Gasteiger partial charge on any atom is -0.480 e. The van der Waals surface area contributed by atoms with Crippen LogP contribution in [0.4, 0.5) is 0 Å². The molecule has 0 radical (unpaired) electrons. The number of carbonyl (C=O) groups excluding carboxylic acids is 1. The molecule has 3 rings (SSSR count). The number of likely N-dealkylation sites (tertiary alicyclic amines) is 1. The second kappa shape index (κ2) is 6.65. The first-order valence-corrected chi connectivity index (χ1v) is 7.62. The molecule has 1 amide bonds. The molecule has 24 heavy (non-hydrogen) atoms. The molecule has 0 spiro atoms. The van der Waals surface area contributed by atoms with Gasteiger partial charge in [-0.1, -0.05) is 0 Å². The second-order valence-electron chi connectivity index (χ2n) is 5.72. The topological polar surface area (TPSA) is 121 Å². The average molecular weight is 331 g/mol. The molecule has 0 aliphatic carbocycles. The normalized spacial score (nSPS) is 17.7. The number of piperidine rings is 1. The molecule has 1 saturated heterocycles. The molecule has 1 atom stereocenters. The van der Waals surface area contributed by atoms with Crippen molar-refractivity contribution < 1.29 is 14.7 Å². The molecule has 1 aliphatic rings. The molecule has 126 valence electrons. The Morgan fingerprint density at radius 2 is 2.25 bits per heavy atom. The van der Waals surface area contributed by atoms with E-state index < -0.39 is 5.97 Å². The third-order valence-corrected chi connectivity index (χ3v) is 3.98. The van der Waals surface area contributed by atoms with Crippen molar-refractivity contribution in [3.8, 4) is 0 Å². The fourth-order valence-electron chi connectivity index (χ4n) is 2.85. The molecule has 0 unspecified atom stereocenters. The lowest BCUT2D eigenvalue weighted by molar-refractivity contribution is -0.137. The molecule has 0 aromatic carbocycles. The van der Waals surface area contributed by atoms with Crippen molar-refractivity contribution in [2.75, 3.05) is 13.1 Å². The Balaban J connectivity index is 1.70. The quantitative estimate of drug-likeness (QED) is 0.818. The number of carboxylic acid groups (broad SMARTS) is 1. The summed E-state index contributed by atoms with van der Waals surface area (Å²) in [5, 5.41) is 13.1. The number of rotatable bonds is 4. The van der Waals surface area contributed by atoms with Crippen LogP contribution in [0.5, 0.6) is 0 Å². The van der Waals surface area contributed by atoms with E-state index in [4.69, 9.17) is 5.11 Å². The zero-order valence-electron chi connectivity index (χ0n) is 12.9. The summed E-state index contributed by atoms with van der Waals surface area (Å²) in [6, 6.07) is 1.79. The molecule has 9 nitrogen and oxygen atoms in total. The first-order chi connectivity index (χ1) is 11.5. The minimum atomic E-state index is -0.950. The van der Waals surface area contributed by atoms with E-state index in [2.05, 4.69) is 15.1 Å². The number of H-pyrrole nitrogens is 1. The van der Waals surface area contributed by atoms with Crippen LogP contribution in [0, 0.1) is 0 Å². The van der Waals surface area contributed by atoms with Gasteiger partial charge >= 0.3 is 5.97 Å². The Bertz CT molecular complexity index is 792. The van der Waals surface area contributed by atoms with Gasteiger partial charge in [0.05, 0.1) is 11.9 Å². The number of carbonyl (C=O) groups is 2. The Labute approximate surface area is 136 Å². The Kier molecular flexibility index (Phi) is 4.41. The van der Waals surface area contributed by atoms with Crippen molar-refractivity contribution in [1.29, 1.82) is 0 Å². The van der Waals surface area contributed by atoms with Gasteiger partial charge in [-0.15, -0.1) is 0 Å². The maximum Gasteiger partial charge on any atom is 0.325 e. The van der Waals surface area contributed by atoms with E-state index in [0.29, 0.717) is 13.1 Å². The molecule has 0 bridgehead atoms. The molecule has 9 heteroatoms. The summed E-state index contributed by atoms with van der Waals surface area (Å²) in [7, 11) is 0. The summed E-state index contributed by atoms with van der Waals surface area (Å²) in [6.07, 6.45) is 5.74. The number of hydrogen-bond acceptors (Lipinski definition) is 5. The van der Waals surface area contributed by atoms with Gasteiger partial charge in [0, 0.05) is 31.4 Å². The molecule has 1 fully saturated rings. The number of nitrogens with zero attached hydrogens (tertiary/aromatic N) is 4. The predicted octanol–water partition coefficient (Wildman–Crippen LogP) is 0.0708. The number of aromatic nitrogens is 4. The van der Waals surface area contributed by atoms with Crippen LogP contribution in [0.1, 0.15) is 34.9 Å². The lowest BCUT2D eigenvalue weighted by Crippen LogP contribution is -2.39. The van der Waals surface area contributed by atoms with E-state index in [9.17, 15) is 14.4 Å². The predicted molar refractivity (Wildman–Crippen MR) is 82.6 cm³/mol. The van der Waals surface area contributed by atoms with E-state index in [1.54, 1.807) is 17.2 Å². The fraction of sp³-hybridized carbons (Fsp3) is 0.400. The van der Waals surface area contributed by atoms with Crippen molar-refractivity contribution in [2.24, 2.45) is 0 Å². The van der Waals surface area contributed by atoms with Crippen LogP contribution < -0.4 is 5.56 Å². The zero-order chi connectivity index (χ0) is 17.1. The second-order valence-corrected chi connectivity index (χ2v) is 5.72. The summed E-state index contributed by atoms with van der Waals surface area (Å²) < 4.78 is 1.38. The summed E-state index contributed by atoms with van der Waals surface area (Å²) in [6.45, 7) is 0.923. The van der Waals surface area contributed by atoms with E-state index in [-0.39, 0.29) is 29.6 Å². The highest BCUT2D eigenvalue weighted by Gasteiger charge is 2.27. The van der Waals surface area contributed by atoms with Gasteiger partial charge in [-0.25, -0.2) is 4.98 Å². The molecular formula is C15H17N5O4. The summed E-state index contributed by atoms with van der Waals surface area (Å²) in [5.74, 6) is -1.13. The monoisotopic (exact) mass is 331 g/mol. The highest BCUT2D eigenvalue weighted by atomic mass is 16.4. The molecule has 2 aromatic heterocycles. The van der Waals surface area contributed by atoms with E-state index in [1.165, 1.54) is 10.9 Å². The fourth-order valence-corrected chi connectivity index (χ4v) is 2.85. The standard InChI is InChI=1S/C15H17N5O4/c21-13-7-16-12(6-17-13)15(24)19-4-1-2-10(8-19)11-3-5-20(18-11)9-14(22)23/h3,5-7,10H,1-2,4,8-9H2,(H,17,21)(H,22,23)/t10-/m1/s1. The SMILES string of the molecule is O=C(O)Cn1ccc([C@@H]2CCCN(C(=O)c3c[nH]c(=O)cn3)C2)n1. The molecule has 3 heterocycles. The molecule has 0 saturated carbocycles. The van der Waals surface area contributed by atoms with Gasteiger partial charge in [0.25, 0.3) is 11.5 Å². The minimum absolute atomic E-state index is 0.0560. The lowest BCUT2D eigenvalue weighted by Gasteiger charge is -2.31. The number of nitrogens with one attached hydrogen (secondary N) is 1. The van der Waals surface area contributed by atoms with Gasteiger partial charge in [0.1, 0.15) is 12.2 Å². The van der Waals surface area contributed by atoms with Crippen molar-refractivity contribution in [1.82, 2.24) is 24.6 Å². The van der Waals surface area contributed by atoms with Gasteiger partial charge in [0.2, 0.25) is 0 Å². The number of carboxylic acids is 1. The van der Waals surface area contributed by atoms with Gasteiger partial charge in [0.15, 0.2) is 0 Å². The van der Waals surface area contributed by atoms with E-state index in [1.807, 2.05) is 0 Å². The average Bonchev–Trinajstić information content (AvgIpc) is 3.03. The van der Waals surface area contributed by atoms with Crippen LogP contribution in [-0.4, -0.2) is 54.7 Å². The first-order valence-electron chi connectivity index (χ1n) is 7.62. The number of aliphatic carboxylic acids is 1. The third kappa shape index (κ3) is 3.50. The smallest absolute Gasteiger partial charge is 0.325 e. The maximum atomic E-state index is 12.5. The number of aromatic amines is 1. The van der Waals surface area contributed by atoms with Crippen LogP contribution >= 0.6 is 0 Å². The number of amides is 1. The van der Waals surface area contributed by atoms with E-state index >= 15 is 0 Å². The van der Waals surface area contributed by atoms with Crippen molar-refractivity contribution in [3.05, 3.63) is 46.4 Å². The summed E-state index contributed by atoms with van der Waals surface area (Å²) >= 11 is 0. The first kappa shape index (κ1) is 15.9. The van der Waals surface area contributed by atoms with Crippen LogP contribution in [0.3, 0.4) is 0 Å². The largest absolute Gasteiger partial charge is 0.480 e. The summed E-state index contributed by atoms with van der Waals surface area (Å²) in [5.41, 5.74) is 0.627. The maximum absolute atomic E-state index is 12.5. The number of hydrogen-bond donors (Lipinski definition) is 2. The van der Waals surface area contributed by atoms with Crippen LogP contribution in [0.25, 0.3) is 0 Å². The van der Waals surface area contributed by atoms with Crippen molar-refractivity contribution in [3.63, 3.8) is 0 Å². The third-order valence-electron chi connectivity index (χ3n) is 3.98. The zero-order valence-corrected chi connectivity index (χ0v) is 12.9. The Morgan fingerprint density at radius 1 is 1.42 bits per heavy atom. The van der Waals surface area contributed by atoms with Gasteiger partial charge in [-0.2, -0.15) is 5.10 Å². The van der Waals surface area contributed by atoms with Gasteiger partial charge in [-0.3, -0.25) is 19.1 Å². The molecular weight excluding hydrogens is 314 g/mol. The summed E-state index contributed by atoms with van der Waals surface area (Å²) in [4.78, 5) is 42.2. The van der Waals surface area contributed by atoms with Crippen LogP contribution in [0.15, 0.2) is 29.5 Å². The molecule has 2 N–H and O–H groups in total. The molecule has 1 aliphatic heterocycles. The van der Waals surface area contributed by atoms with Crippen LogP contribution in [0.2, 0.25) is 0 Å². The Morgan fingerprint density at radius 3 is 2.96 bits per heavy atom. The van der Waals surface area contributed by atoms with Crippen molar-refractivity contribution >= 4 is 11.9 Å². The van der Waals surface area contributed by atoms with Gasteiger partial charge < -0.3 is 15.0 Å². The lowest BCUT2D eigenvalue weighted by atomic mass is 9.95. The van der Waals surface area contributed by atoms with Gasteiger partial charge in [-0.05, 0) is 18.9 Å². The Hall–Kier alpha value is -2.97. The van der Waals surface area contributed by atoms with Crippen molar-refractivity contribution in [2.45, 2.75) is 25.3 Å². The van der Waals surface area contributed by atoms with E-state index in [0.717, 1.165) is 24.7 Å². The highest BCUT2D eigenvalue weighted by Crippen LogP contribution is 2.26.